The molecule has 1 nitrogen and oxygen atoms in total. The van der Waals surface area contributed by atoms with E-state index in [0.29, 0.717) is 5.92 Å². The van der Waals surface area contributed by atoms with Gasteiger partial charge in [-0.25, -0.2) is 0 Å². The SMILES string of the molecule is C=C(C)/C(=C/C(C)C)NC. The van der Waals surface area contributed by atoms with Crippen LogP contribution in [0.3, 0.4) is 0 Å². The van der Waals surface area contributed by atoms with Gasteiger partial charge in [-0.1, -0.05) is 26.5 Å². The van der Waals surface area contributed by atoms with Gasteiger partial charge in [-0.3, -0.25) is 0 Å². The molecule has 0 aromatic heterocycles. The van der Waals surface area contributed by atoms with Crippen LogP contribution in [-0.2, 0) is 0 Å². The third kappa shape index (κ3) is 3.33. The van der Waals surface area contributed by atoms with Crippen LogP contribution in [-0.4, -0.2) is 7.05 Å². The maximum absolute atomic E-state index is 3.85. The molecule has 0 unspecified atom stereocenters. The highest BCUT2D eigenvalue weighted by molar-refractivity contribution is 5.24. The van der Waals surface area contributed by atoms with Crippen LogP contribution in [0.5, 0.6) is 0 Å². The van der Waals surface area contributed by atoms with E-state index in [1.807, 2.05) is 14.0 Å². The molecule has 0 aromatic carbocycles. The molecule has 0 saturated heterocycles. The van der Waals surface area contributed by atoms with E-state index in [0.717, 1.165) is 11.3 Å². The van der Waals surface area contributed by atoms with Crippen molar-refractivity contribution in [2.24, 2.45) is 5.92 Å². The van der Waals surface area contributed by atoms with Gasteiger partial charge in [0, 0.05) is 12.7 Å². The lowest BCUT2D eigenvalue weighted by molar-refractivity contribution is 0.806. The molecule has 0 rings (SSSR count). The van der Waals surface area contributed by atoms with Gasteiger partial charge in [0.25, 0.3) is 0 Å². The first kappa shape index (κ1) is 9.28. The molecule has 0 aliphatic heterocycles. The third-order valence-corrected chi connectivity index (χ3v) is 1.23. The van der Waals surface area contributed by atoms with Gasteiger partial charge < -0.3 is 5.32 Å². The normalized spacial score (nSPS) is 11.9. The lowest BCUT2D eigenvalue weighted by Crippen LogP contribution is -2.07. The highest BCUT2D eigenvalue weighted by Gasteiger charge is 1.94. The number of nitrogens with one attached hydrogen (secondary N) is 1. The zero-order valence-corrected chi connectivity index (χ0v) is 7.36. The summed E-state index contributed by atoms with van der Waals surface area (Å²) in [6.07, 6.45) is 2.17. The zero-order valence-electron chi connectivity index (χ0n) is 7.36. The number of likely N-dealkylation sites (N-methyl/N-ethyl adjacent to an activating group) is 1. The molecule has 0 radical (unpaired) electrons. The molecule has 0 spiro atoms. The fraction of sp³-hybridized carbons (Fsp3) is 0.556. The van der Waals surface area contributed by atoms with Crippen molar-refractivity contribution in [3.63, 3.8) is 0 Å². The molecule has 1 heteroatoms. The topological polar surface area (TPSA) is 12.0 Å². The molecular weight excluding hydrogens is 122 g/mol. The summed E-state index contributed by atoms with van der Waals surface area (Å²) >= 11 is 0. The Bertz CT molecular complexity index is 143. The summed E-state index contributed by atoms with van der Waals surface area (Å²) in [5, 5.41) is 3.09. The van der Waals surface area contributed by atoms with Crippen molar-refractivity contribution in [2.45, 2.75) is 20.8 Å². The second kappa shape index (κ2) is 4.15. The molecule has 0 fully saturated rings. The van der Waals surface area contributed by atoms with Gasteiger partial charge in [0.15, 0.2) is 0 Å². The average molecular weight is 139 g/mol. The van der Waals surface area contributed by atoms with E-state index in [1.54, 1.807) is 0 Å². The van der Waals surface area contributed by atoms with Crippen LogP contribution in [0.2, 0.25) is 0 Å². The van der Waals surface area contributed by atoms with Crippen LogP contribution in [0.25, 0.3) is 0 Å². The van der Waals surface area contributed by atoms with E-state index in [1.165, 1.54) is 0 Å². The van der Waals surface area contributed by atoms with E-state index in [-0.39, 0.29) is 0 Å². The largest absolute Gasteiger partial charge is 0.388 e. The van der Waals surface area contributed by atoms with Crippen molar-refractivity contribution < 1.29 is 0 Å². The number of rotatable bonds is 3. The minimum atomic E-state index is 0.583. The van der Waals surface area contributed by atoms with Crippen molar-refractivity contribution in [1.82, 2.24) is 5.32 Å². The zero-order chi connectivity index (χ0) is 8.15. The van der Waals surface area contributed by atoms with Crippen molar-refractivity contribution in [3.8, 4) is 0 Å². The molecule has 0 aliphatic carbocycles. The van der Waals surface area contributed by atoms with Gasteiger partial charge in [-0.15, -0.1) is 0 Å². The summed E-state index contributed by atoms with van der Waals surface area (Å²) < 4.78 is 0. The van der Waals surface area contributed by atoms with Gasteiger partial charge in [0.05, 0.1) is 0 Å². The molecule has 0 aromatic rings. The molecule has 0 atom stereocenters. The van der Waals surface area contributed by atoms with Crippen LogP contribution in [0.4, 0.5) is 0 Å². The molecule has 0 bridgehead atoms. The van der Waals surface area contributed by atoms with E-state index in [4.69, 9.17) is 0 Å². The Morgan fingerprint density at radius 3 is 2.10 bits per heavy atom. The smallest absolute Gasteiger partial charge is 0.0323 e. The summed E-state index contributed by atoms with van der Waals surface area (Å²) in [6, 6.07) is 0. The Balaban J connectivity index is 4.19. The van der Waals surface area contributed by atoms with Crippen LogP contribution >= 0.6 is 0 Å². The highest BCUT2D eigenvalue weighted by atomic mass is 14.8. The molecule has 0 heterocycles. The van der Waals surface area contributed by atoms with Gasteiger partial charge in [0.2, 0.25) is 0 Å². The summed E-state index contributed by atoms with van der Waals surface area (Å²) in [7, 11) is 1.92. The standard InChI is InChI=1S/C9H17N/c1-7(2)6-9(10-5)8(3)4/h6-7,10H,3H2,1-2,4-5H3/b9-6-. The lowest BCUT2D eigenvalue weighted by atomic mass is 10.1. The number of allylic oxidation sites excluding steroid dienone is 2. The van der Waals surface area contributed by atoms with Gasteiger partial charge >= 0.3 is 0 Å². The first-order valence-electron chi connectivity index (χ1n) is 3.63. The molecule has 1 N–H and O–H groups in total. The van der Waals surface area contributed by atoms with Crippen molar-refractivity contribution >= 4 is 0 Å². The Morgan fingerprint density at radius 2 is 2.00 bits per heavy atom. The summed E-state index contributed by atoms with van der Waals surface area (Å²) in [6.45, 7) is 10.2. The summed E-state index contributed by atoms with van der Waals surface area (Å²) in [4.78, 5) is 0. The van der Waals surface area contributed by atoms with Crippen LogP contribution in [0.1, 0.15) is 20.8 Å². The minimum absolute atomic E-state index is 0.583. The molecular formula is C9H17N. The molecule has 0 saturated carbocycles. The Hall–Kier alpha value is -0.720. The second-order valence-corrected chi connectivity index (χ2v) is 2.85. The van der Waals surface area contributed by atoms with Crippen molar-refractivity contribution in [2.75, 3.05) is 7.05 Å². The quantitative estimate of drug-likeness (QED) is 0.592. The van der Waals surface area contributed by atoms with Gasteiger partial charge in [-0.05, 0) is 18.4 Å². The highest BCUT2D eigenvalue weighted by Crippen LogP contribution is 2.05. The lowest BCUT2D eigenvalue weighted by Gasteiger charge is -2.06. The summed E-state index contributed by atoms with van der Waals surface area (Å²) in [5.74, 6) is 0.583. The molecule has 58 valence electrons. The Morgan fingerprint density at radius 1 is 1.50 bits per heavy atom. The maximum Gasteiger partial charge on any atom is 0.0323 e. The van der Waals surface area contributed by atoms with E-state index < -0.39 is 0 Å². The van der Waals surface area contributed by atoms with Gasteiger partial charge in [0.1, 0.15) is 0 Å². The maximum atomic E-state index is 3.85. The number of hydrogen-bond acceptors (Lipinski definition) is 1. The van der Waals surface area contributed by atoms with Crippen molar-refractivity contribution in [3.05, 3.63) is 23.9 Å². The second-order valence-electron chi connectivity index (χ2n) is 2.85. The average Bonchev–Trinajstić information content (AvgIpc) is 1.81. The molecule has 0 amide bonds. The van der Waals surface area contributed by atoms with Crippen LogP contribution in [0, 0.1) is 5.92 Å². The first-order chi connectivity index (χ1) is 4.57. The van der Waals surface area contributed by atoms with Gasteiger partial charge in [-0.2, -0.15) is 0 Å². The molecule has 0 aliphatic rings. The van der Waals surface area contributed by atoms with Crippen LogP contribution < -0.4 is 5.32 Å². The summed E-state index contributed by atoms with van der Waals surface area (Å²) in [5.41, 5.74) is 2.24. The first-order valence-corrected chi connectivity index (χ1v) is 3.63. The Kier molecular flexibility index (Phi) is 3.85. The predicted molar refractivity (Wildman–Crippen MR) is 46.8 cm³/mol. The van der Waals surface area contributed by atoms with E-state index in [2.05, 4.69) is 31.8 Å². The minimum Gasteiger partial charge on any atom is -0.388 e. The van der Waals surface area contributed by atoms with E-state index >= 15 is 0 Å². The van der Waals surface area contributed by atoms with E-state index in [9.17, 15) is 0 Å². The fourth-order valence-electron chi connectivity index (χ4n) is 0.772. The molecule has 10 heavy (non-hydrogen) atoms. The number of hydrogen-bond donors (Lipinski definition) is 1. The van der Waals surface area contributed by atoms with Crippen molar-refractivity contribution in [1.29, 1.82) is 0 Å². The predicted octanol–water partition coefficient (Wildman–Crippen LogP) is 2.32. The fourth-order valence-corrected chi connectivity index (χ4v) is 0.772. The monoisotopic (exact) mass is 139 g/mol. The van der Waals surface area contributed by atoms with Crippen LogP contribution in [0.15, 0.2) is 23.9 Å². The third-order valence-electron chi connectivity index (χ3n) is 1.23. The Labute approximate surface area is 63.8 Å².